The molecular formula is C14H22Cl2N2. The van der Waals surface area contributed by atoms with Crippen LogP contribution in [0.2, 0.25) is 10.0 Å². The van der Waals surface area contributed by atoms with Crippen LogP contribution in [0.3, 0.4) is 0 Å². The number of halogens is 2. The SMILES string of the molecule is CC(C)NCCCNCCc1cc(Cl)ccc1Cl. The minimum absolute atomic E-state index is 0.565. The Morgan fingerprint density at radius 2 is 1.89 bits per heavy atom. The maximum absolute atomic E-state index is 6.10. The van der Waals surface area contributed by atoms with Gasteiger partial charge in [0.15, 0.2) is 0 Å². The van der Waals surface area contributed by atoms with Crippen molar-refractivity contribution in [3.05, 3.63) is 33.8 Å². The molecule has 1 aromatic carbocycles. The Hall–Kier alpha value is -0.280. The van der Waals surface area contributed by atoms with Gasteiger partial charge in [0.2, 0.25) is 0 Å². The standard InChI is InChI=1S/C14H22Cl2N2/c1-11(2)18-8-3-7-17-9-6-12-10-13(15)4-5-14(12)16/h4-5,10-11,17-18H,3,6-9H2,1-2H3. The summed E-state index contributed by atoms with van der Waals surface area (Å²) in [6.07, 6.45) is 2.05. The van der Waals surface area contributed by atoms with E-state index in [2.05, 4.69) is 24.5 Å². The fourth-order valence-corrected chi connectivity index (χ4v) is 2.09. The van der Waals surface area contributed by atoms with Gasteiger partial charge >= 0.3 is 0 Å². The van der Waals surface area contributed by atoms with Gasteiger partial charge in [0.1, 0.15) is 0 Å². The molecule has 4 heteroatoms. The van der Waals surface area contributed by atoms with E-state index in [9.17, 15) is 0 Å². The first-order valence-electron chi connectivity index (χ1n) is 6.47. The van der Waals surface area contributed by atoms with Gasteiger partial charge in [0.25, 0.3) is 0 Å². The van der Waals surface area contributed by atoms with Crippen LogP contribution in [0.15, 0.2) is 18.2 Å². The molecule has 0 saturated heterocycles. The first-order chi connectivity index (χ1) is 8.59. The highest BCUT2D eigenvalue weighted by Gasteiger charge is 2.00. The minimum atomic E-state index is 0.565. The Bertz CT molecular complexity index is 354. The molecule has 0 unspecified atom stereocenters. The van der Waals surface area contributed by atoms with Gasteiger partial charge in [-0.05, 0) is 56.2 Å². The third-order valence-corrected chi connectivity index (χ3v) is 3.27. The van der Waals surface area contributed by atoms with Crippen LogP contribution in [0.25, 0.3) is 0 Å². The maximum Gasteiger partial charge on any atom is 0.0439 e. The number of hydrogen-bond donors (Lipinski definition) is 2. The second kappa shape index (κ2) is 8.76. The fraction of sp³-hybridized carbons (Fsp3) is 0.571. The van der Waals surface area contributed by atoms with Crippen molar-refractivity contribution in [3.8, 4) is 0 Å². The van der Waals surface area contributed by atoms with Gasteiger partial charge in [0, 0.05) is 16.1 Å². The van der Waals surface area contributed by atoms with Gasteiger partial charge in [-0.25, -0.2) is 0 Å². The molecule has 0 aliphatic rings. The summed E-state index contributed by atoms with van der Waals surface area (Å²) in [6.45, 7) is 7.34. The lowest BCUT2D eigenvalue weighted by atomic mass is 10.1. The van der Waals surface area contributed by atoms with E-state index in [1.807, 2.05) is 18.2 Å². The van der Waals surface area contributed by atoms with Crippen LogP contribution < -0.4 is 10.6 Å². The second-order valence-corrected chi connectivity index (χ2v) is 5.54. The van der Waals surface area contributed by atoms with Crippen molar-refractivity contribution in [2.45, 2.75) is 32.7 Å². The molecule has 102 valence electrons. The summed E-state index contributed by atoms with van der Waals surface area (Å²) in [5.74, 6) is 0. The minimum Gasteiger partial charge on any atom is -0.316 e. The summed E-state index contributed by atoms with van der Waals surface area (Å²) in [5.41, 5.74) is 1.11. The fourth-order valence-electron chi connectivity index (χ4n) is 1.69. The van der Waals surface area contributed by atoms with E-state index in [1.54, 1.807) is 0 Å². The Kier molecular flexibility index (Phi) is 7.68. The molecule has 2 nitrogen and oxygen atoms in total. The van der Waals surface area contributed by atoms with Crippen LogP contribution in [-0.4, -0.2) is 25.7 Å². The molecule has 0 heterocycles. The maximum atomic E-state index is 6.10. The molecule has 18 heavy (non-hydrogen) atoms. The van der Waals surface area contributed by atoms with Crippen molar-refractivity contribution in [1.82, 2.24) is 10.6 Å². The Morgan fingerprint density at radius 3 is 2.61 bits per heavy atom. The van der Waals surface area contributed by atoms with Gasteiger partial charge in [-0.15, -0.1) is 0 Å². The highest BCUT2D eigenvalue weighted by Crippen LogP contribution is 2.20. The van der Waals surface area contributed by atoms with E-state index < -0.39 is 0 Å². The molecule has 0 atom stereocenters. The van der Waals surface area contributed by atoms with E-state index >= 15 is 0 Å². The van der Waals surface area contributed by atoms with E-state index in [0.29, 0.717) is 6.04 Å². The summed E-state index contributed by atoms with van der Waals surface area (Å²) >= 11 is 12.0. The van der Waals surface area contributed by atoms with Crippen molar-refractivity contribution in [1.29, 1.82) is 0 Å². The average Bonchev–Trinajstić information content (AvgIpc) is 2.32. The largest absolute Gasteiger partial charge is 0.316 e. The third kappa shape index (κ3) is 6.60. The molecule has 1 rings (SSSR count). The summed E-state index contributed by atoms with van der Waals surface area (Å²) in [5, 5.41) is 8.34. The zero-order valence-electron chi connectivity index (χ0n) is 11.1. The van der Waals surface area contributed by atoms with Gasteiger partial charge in [-0.2, -0.15) is 0 Å². The Balaban J connectivity index is 2.12. The van der Waals surface area contributed by atoms with Gasteiger partial charge < -0.3 is 10.6 Å². The van der Waals surface area contributed by atoms with Gasteiger partial charge in [-0.3, -0.25) is 0 Å². The summed E-state index contributed by atoms with van der Waals surface area (Å²) in [6, 6.07) is 6.17. The van der Waals surface area contributed by atoms with Crippen molar-refractivity contribution >= 4 is 23.2 Å². The molecule has 0 fully saturated rings. The molecule has 1 aromatic rings. The lowest BCUT2D eigenvalue weighted by Crippen LogP contribution is -2.27. The monoisotopic (exact) mass is 288 g/mol. The van der Waals surface area contributed by atoms with Crippen LogP contribution in [0.5, 0.6) is 0 Å². The molecule has 2 N–H and O–H groups in total. The second-order valence-electron chi connectivity index (χ2n) is 4.70. The highest BCUT2D eigenvalue weighted by atomic mass is 35.5. The van der Waals surface area contributed by atoms with E-state index in [-0.39, 0.29) is 0 Å². The normalized spacial score (nSPS) is 11.2. The van der Waals surface area contributed by atoms with Crippen molar-refractivity contribution in [3.63, 3.8) is 0 Å². The van der Waals surface area contributed by atoms with Crippen molar-refractivity contribution in [2.75, 3.05) is 19.6 Å². The van der Waals surface area contributed by atoms with Crippen molar-refractivity contribution < 1.29 is 0 Å². The Labute approximate surface area is 120 Å². The van der Waals surface area contributed by atoms with Crippen LogP contribution in [0.1, 0.15) is 25.8 Å². The average molecular weight is 289 g/mol. The lowest BCUT2D eigenvalue weighted by Gasteiger charge is -2.09. The molecule has 0 radical (unpaired) electrons. The summed E-state index contributed by atoms with van der Waals surface area (Å²) in [7, 11) is 0. The van der Waals surface area contributed by atoms with E-state index in [0.717, 1.165) is 48.1 Å². The van der Waals surface area contributed by atoms with Crippen LogP contribution in [0, 0.1) is 0 Å². The molecule has 0 aliphatic heterocycles. The quantitative estimate of drug-likeness (QED) is 0.716. The molecule has 0 amide bonds. The zero-order valence-corrected chi connectivity index (χ0v) is 12.6. The van der Waals surface area contributed by atoms with Gasteiger partial charge in [0.05, 0.1) is 0 Å². The molecule has 0 spiro atoms. The van der Waals surface area contributed by atoms with Gasteiger partial charge in [-0.1, -0.05) is 37.0 Å². The third-order valence-electron chi connectivity index (χ3n) is 2.66. The number of hydrogen-bond acceptors (Lipinski definition) is 2. The van der Waals surface area contributed by atoms with Crippen LogP contribution in [-0.2, 0) is 6.42 Å². The first kappa shape index (κ1) is 15.8. The summed E-state index contributed by atoms with van der Waals surface area (Å²) in [4.78, 5) is 0. The highest BCUT2D eigenvalue weighted by molar-refractivity contribution is 6.33. The number of nitrogens with one attached hydrogen (secondary N) is 2. The van der Waals surface area contributed by atoms with E-state index in [1.165, 1.54) is 0 Å². The molecule has 0 saturated carbocycles. The number of rotatable bonds is 8. The number of benzene rings is 1. The molecular weight excluding hydrogens is 267 g/mol. The first-order valence-corrected chi connectivity index (χ1v) is 7.23. The predicted octanol–water partition coefficient (Wildman–Crippen LogP) is 3.51. The van der Waals surface area contributed by atoms with Crippen LogP contribution in [0.4, 0.5) is 0 Å². The summed E-state index contributed by atoms with van der Waals surface area (Å²) < 4.78 is 0. The Morgan fingerprint density at radius 1 is 1.11 bits per heavy atom. The topological polar surface area (TPSA) is 24.1 Å². The van der Waals surface area contributed by atoms with Crippen LogP contribution >= 0.6 is 23.2 Å². The molecule has 0 bridgehead atoms. The lowest BCUT2D eigenvalue weighted by molar-refractivity contribution is 0.548. The smallest absolute Gasteiger partial charge is 0.0439 e. The molecule has 0 aliphatic carbocycles. The molecule has 0 aromatic heterocycles. The zero-order chi connectivity index (χ0) is 13.4. The van der Waals surface area contributed by atoms with Crippen molar-refractivity contribution in [2.24, 2.45) is 0 Å². The predicted molar refractivity (Wildman–Crippen MR) is 80.8 cm³/mol. The van der Waals surface area contributed by atoms with E-state index in [4.69, 9.17) is 23.2 Å².